The summed E-state index contributed by atoms with van der Waals surface area (Å²) < 4.78 is 6.69. The third-order valence-corrected chi connectivity index (χ3v) is 4.17. The Kier molecular flexibility index (Phi) is 9.16. The van der Waals surface area contributed by atoms with Crippen molar-refractivity contribution in [3.8, 4) is 5.75 Å². The maximum atomic E-state index is 5.44. The molecule has 0 saturated carbocycles. The van der Waals surface area contributed by atoms with Crippen molar-refractivity contribution >= 4 is 40.6 Å². The summed E-state index contributed by atoms with van der Waals surface area (Å²) in [5.41, 5.74) is 3.42. The summed E-state index contributed by atoms with van der Waals surface area (Å²) in [7, 11) is 1.70. The minimum absolute atomic E-state index is 0. The molecule has 5 heteroatoms. The van der Waals surface area contributed by atoms with Crippen molar-refractivity contribution in [2.75, 3.05) is 7.11 Å². The van der Waals surface area contributed by atoms with E-state index in [0.29, 0.717) is 0 Å². The number of rotatable bonds is 3. The Morgan fingerprint density at radius 2 is 1.65 bits per heavy atom. The van der Waals surface area contributed by atoms with Crippen molar-refractivity contribution in [2.24, 2.45) is 4.99 Å². The van der Waals surface area contributed by atoms with E-state index >= 15 is 0 Å². The largest absolute Gasteiger partial charge is 0.147 e. The summed E-state index contributed by atoms with van der Waals surface area (Å²) in [6.07, 6.45) is 1.92. The van der Waals surface area contributed by atoms with Gasteiger partial charge in [-0.1, -0.05) is 0 Å². The van der Waals surface area contributed by atoms with Crippen molar-refractivity contribution in [3.05, 3.63) is 53.6 Å². The normalized spacial score (nSPS) is 10.7. The predicted octanol–water partition coefficient (Wildman–Crippen LogP) is 4.76. The molecule has 0 aliphatic carbocycles. The maximum Gasteiger partial charge on any atom is -0.147 e. The molecule has 0 heterocycles. The van der Waals surface area contributed by atoms with Crippen molar-refractivity contribution in [2.45, 2.75) is 26.2 Å². The number of methoxy groups -OCH3 is 1. The molecule has 0 atom stereocenters. The predicted molar refractivity (Wildman–Crippen MR) is 99.5 cm³/mol. The first-order chi connectivity index (χ1) is 9.91. The second kappa shape index (κ2) is 9.49. The number of halogens is 2. The molecule has 0 unspecified atom stereocenters. The van der Waals surface area contributed by atoms with Crippen LogP contribution in [-0.2, 0) is 25.9 Å². The van der Waals surface area contributed by atoms with Crippen LogP contribution in [0.1, 0.15) is 31.9 Å². The Morgan fingerprint density at radius 1 is 1.04 bits per heavy atom. The number of benzene rings is 2. The van der Waals surface area contributed by atoms with Crippen LogP contribution in [0, 0.1) is 0 Å². The molecular weight excluding hydrogens is 365 g/mol. The topological polar surface area (TPSA) is 21.6 Å². The van der Waals surface area contributed by atoms with Crippen molar-refractivity contribution in [1.82, 2.24) is 0 Å². The molecule has 0 N–H and O–H groups in total. The third-order valence-electron chi connectivity index (χ3n) is 3.29. The molecule has 2 nitrogen and oxygen atoms in total. The minimum atomic E-state index is 0. The molecule has 2 aromatic rings. The van der Waals surface area contributed by atoms with Crippen LogP contribution in [0.15, 0.2) is 47.5 Å². The van der Waals surface area contributed by atoms with Crippen LogP contribution in [-0.4, -0.2) is 13.3 Å². The van der Waals surface area contributed by atoms with Gasteiger partial charge in [-0.15, -0.1) is 24.8 Å². The fourth-order valence-corrected chi connectivity index (χ4v) is 3.02. The standard InChI is InChI=1S/C18H20NO.2ClH.Ti/c1-18(2,3)15-10-14(11-17(12-15)20-4)13-19-16-8-6-5-7-9-16;;;/h5-9,11-13H,1-4H3;2*1H;. The first kappa shape index (κ1) is 22.2. The van der Waals surface area contributed by atoms with Crippen LogP contribution in [0.3, 0.4) is 0 Å². The second-order valence-electron chi connectivity index (χ2n) is 5.98. The van der Waals surface area contributed by atoms with Gasteiger partial charge in [-0.3, -0.25) is 0 Å². The maximum absolute atomic E-state index is 5.44. The molecule has 0 radical (unpaired) electrons. The van der Waals surface area contributed by atoms with Gasteiger partial charge >= 0.3 is 139 Å². The van der Waals surface area contributed by atoms with Crippen molar-refractivity contribution < 1.29 is 25.2 Å². The van der Waals surface area contributed by atoms with Gasteiger partial charge in [0.05, 0.1) is 0 Å². The summed E-state index contributed by atoms with van der Waals surface area (Å²) >= 11 is 2.15. The first-order valence-electron chi connectivity index (χ1n) is 6.95. The van der Waals surface area contributed by atoms with E-state index in [2.05, 4.69) is 52.3 Å². The van der Waals surface area contributed by atoms with E-state index in [1.165, 1.54) is 9.43 Å². The van der Waals surface area contributed by atoms with Crippen LogP contribution < -0.4 is 8.61 Å². The van der Waals surface area contributed by atoms with Gasteiger partial charge in [0, 0.05) is 0 Å². The van der Waals surface area contributed by atoms with Gasteiger partial charge in [-0.05, 0) is 0 Å². The summed E-state index contributed by atoms with van der Waals surface area (Å²) in [5.74, 6) is 0.875. The van der Waals surface area contributed by atoms with Crippen LogP contribution in [0.4, 0.5) is 5.69 Å². The summed E-state index contributed by atoms with van der Waals surface area (Å²) in [6, 6.07) is 14.1. The van der Waals surface area contributed by atoms with Crippen LogP contribution in [0.25, 0.3) is 0 Å². The number of hydrogen-bond donors (Lipinski definition) is 0. The molecule has 0 aromatic heterocycles. The number of nitrogens with zero attached hydrogens (tertiary/aromatic N) is 1. The number of para-hydroxylation sites is 1. The van der Waals surface area contributed by atoms with E-state index in [4.69, 9.17) is 4.74 Å². The Morgan fingerprint density at radius 3 is 2.17 bits per heavy atom. The molecule has 0 fully saturated rings. The first-order valence-corrected chi connectivity index (χ1v) is 7.73. The molecule has 0 amide bonds. The summed E-state index contributed by atoms with van der Waals surface area (Å²) in [4.78, 5) is 4.56. The van der Waals surface area contributed by atoms with Gasteiger partial charge < -0.3 is 0 Å². The Hall–Kier alpha value is -0.796. The third kappa shape index (κ3) is 5.97. The van der Waals surface area contributed by atoms with Gasteiger partial charge in [0.25, 0.3) is 0 Å². The van der Waals surface area contributed by atoms with Gasteiger partial charge in [-0.25, -0.2) is 0 Å². The van der Waals surface area contributed by atoms with E-state index in [1.807, 2.05) is 42.6 Å². The van der Waals surface area contributed by atoms with Crippen LogP contribution in [0.5, 0.6) is 5.75 Å². The van der Waals surface area contributed by atoms with Gasteiger partial charge in [0.1, 0.15) is 0 Å². The molecule has 0 bridgehead atoms. The monoisotopic (exact) mass is 386 g/mol. The van der Waals surface area contributed by atoms with E-state index in [0.717, 1.165) is 17.0 Å². The zero-order chi connectivity index (χ0) is 15.5. The smallest absolute Gasteiger partial charge is 0.147 e. The number of ether oxygens (including phenoxy) is 1. The SMILES string of the molecule is COc1cc(C=Nc2ccccc2)[c]([Ti])c(C(C)(C)C)c1.Cl.Cl. The van der Waals surface area contributed by atoms with E-state index in [-0.39, 0.29) is 30.2 Å². The van der Waals surface area contributed by atoms with E-state index < -0.39 is 0 Å². The number of hydrogen-bond acceptors (Lipinski definition) is 2. The Bertz CT molecular complexity index is 652. The summed E-state index contributed by atoms with van der Waals surface area (Å²) in [5, 5.41) is 0. The van der Waals surface area contributed by atoms with E-state index in [1.54, 1.807) is 7.11 Å². The average Bonchev–Trinajstić information content (AvgIpc) is 2.46. The molecular formula is C18H22Cl2NOTi. The molecule has 2 aromatic carbocycles. The Labute approximate surface area is 163 Å². The molecule has 0 spiro atoms. The van der Waals surface area contributed by atoms with Gasteiger partial charge in [0.2, 0.25) is 0 Å². The zero-order valence-electron chi connectivity index (χ0n) is 13.8. The fraction of sp³-hybridized carbons (Fsp3) is 0.278. The molecule has 0 aliphatic rings. The van der Waals surface area contributed by atoms with Crippen molar-refractivity contribution in [1.29, 1.82) is 0 Å². The van der Waals surface area contributed by atoms with Crippen LogP contribution >= 0.6 is 24.8 Å². The quantitative estimate of drug-likeness (QED) is 0.550. The average molecular weight is 387 g/mol. The number of aliphatic imine (C=N–C) groups is 1. The molecule has 0 aliphatic heterocycles. The zero-order valence-corrected chi connectivity index (χ0v) is 17.0. The summed E-state index contributed by atoms with van der Waals surface area (Å²) in [6.45, 7) is 6.65. The second-order valence-corrected chi connectivity index (χ2v) is 6.76. The fourth-order valence-electron chi connectivity index (χ4n) is 2.11. The molecule has 0 saturated heterocycles. The molecule has 23 heavy (non-hydrogen) atoms. The Balaban J connectivity index is 0.00000242. The minimum Gasteiger partial charge on any atom is -0.147 e. The molecule has 2 rings (SSSR count). The van der Waals surface area contributed by atoms with Crippen LogP contribution in [0.2, 0.25) is 0 Å². The van der Waals surface area contributed by atoms with Crippen molar-refractivity contribution in [3.63, 3.8) is 0 Å². The van der Waals surface area contributed by atoms with Gasteiger partial charge in [0.15, 0.2) is 0 Å². The van der Waals surface area contributed by atoms with E-state index in [9.17, 15) is 0 Å². The van der Waals surface area contributed by atoms with Gasteiger partial charge in [-0.2, -0.15) is 0 Å². The molecule has 123 valence electrons.